The molecule has 4 rings (SSSR count). The molecule has 0 bridgehead atoms. The zero-order chi connectivity index (χ0) is 16.8. The van der Waals surface area contributed by atoms with E-state index in [9.17, 15) is 14.9 Å². The molecule has 0 unspecified atom stereocenters. The number of aromatic nitrogens is 2. The normalized spacial score (nSPS) is 15.1. The Morgan fingerprint density at radius 3 is 2.88 bits per heavy atom. The van der Waals surface area contributed by atoms with Gasteiger partial charge in [0, 0.05) is 28.4 Å². The molecule has 0 fully saturated rings. The lowest BCUT2D eigenvalue weighted by molar-refractivity contribution is -0.384. The smallest absolute Gasteiger partial charge is 0.270 e. The summed E-state index contributed by atoms with van der Waals surface area (Å²) in [5, 5.41) is 11.2. The van der Waals surface area contributed by atoms with Gasteiger partial charge >= 0.3 is 0 Å². The number of benzene rings is 1. The van der Waals surface area contributed by atoms with Gasteiger partial charge in [-0.3, -0.25) is 19.5 Å². The number of nitro groups is 1. The Labute approximate surface area is 140 Å². The van der Waals surface area contributed by atoms with E-state index in [4.69, 9.17) is 0 Å². The minimum absolute atomic E-state index is 0.0928. The van der Waals surface area contributed by atoms with Crippen LogP contribution in [0.3, 0.4) is 0 Å². The first kappa shape index (κ1) is 14.8. The summed E-state index contributed by atoms with van der Waals surface area (Å²) in [6.07, 6.45) is 2.80. The van der Waals surface area contributed by atoms with Crippen molar-refractivity contribution in [3.63, 3.8) is 0 Å². The van der Waals surface area contributed by atoms with Crippen molar-refractivity contribution in [3.8, 4) is 0 Å². The molecule has 3 heterocycles. The van der Waals surface area contributed by atoms with Crippen molar-refractivity contribution in [1.29, 1.82) is 0 Å². The predicted molar refractivity (Wildman–Crippen MR) is 94.2 cm³/mol. The molecule has 24 heavy (non-hydrogen) atoms. The number of fused-ring (bicyclic) bond motifs is 2. The van der Waals surface area contributed by atoms with E-state index in [1.165, 1.54) is 17.0 Å². The molecule has 1 aromatic carbocycles. The van der Waals surface area contributed by atoms with Gasteiger partial charge in [0.25, 0.3) is 11.2 Å². The van der Waals surface area contributed by atoms with Crippen LogP contribution in [0, 0.1) is 17.0 Å². The molecule has 0 N–H and O–H groups in total. The van der Waals surface area contributed by atoms with Gasteiger partial charge in [-0.25, -0.2) is 4.98 Å². The van der Waals surface area contributed by atoms with Gasteiger partial charge in [0.1, 0.15) is 5.82 Å². The van der Waals surface area contributed by atoms with Crippen LogP contribution in [-0.2, 0) is 6.54 Å². The first-order valence-corrected chi connectivity index (χ1v) is 8.31. The van der Waals surface area contributed by atoms with Crippen LogP contribution in [0.2, 0.25) is 0 Å². The zero-order valence-corrected chi connectivity index (χ0v) is 13.7. The molecule has 0 saturated carbocycles. The van der Waals surface area contributed by atoms with E-state index in [0.717, 1.165) is 16.9 Å². The number of nitro benzene ring substituents is 1. The van der Waals surface area contributed by atoms with Crippen LogP contribution in [0.15, 0.2) is 35.1 Å². The van der Waals surface area contributed by atoms with E-state index < -0.39 is 4.92 Å². The Hall–Kier alpha value is -2.80. The summed E-state index contributed by atoms with van der Waals surface area (Å²) in [7, 11) is 0. The van der Waals surface area contributed by atoms with Gasteiger partial charge in [-0.1, -0.05) is 0 Å². The number of nitrogens with zero attached hydrogens (tertiary/aromatic N) is 3. The summed E-state index contributed by atoms with van der Waals surface area (Å²) in [4.78, 5) is 30.0. The molecular weight excluding hydrogens is 326 g/mol. The molecule has 0 amide bonds. The topological polar surface area (TPSA) is 78.0 Å². The lowest BCUT2D eigenvalue weighted by atomic mass is 10.2. The molecule has 6 nitrogen and oxygen atoms in total. The summed E-state index contributed by atoms with van der Waals surface area (Å²) in [6.45, 7) is 2.61. The van der Waals surface area contributed by atoms with E-state index in [-0.39, 0.29) is 11.2 Å². The monoisotopic (exact) mass is 339 g/mol. The second kappa shape index (κ2) is 5.38. The standard InChI is InChI=1S/C17H13N3O3S/c1-10-2-4-13(24-10)8-11-6-7-19-16(11)18-15-5-3-12(20(22)23)9-14(15)17(19)21/h2-5,8-9H,6-7H2,1H3. The van der Waals surface area contributed by atoms with Crippen molar-refractivity contribution in [1.82, 2.24) is 9.55 Å². The fourth-order valence-electron chi connectivity index (χ4n) is 2.96. The Bertz CT molecular complexity index is 1080. The van der Waals surface area contributed by atoms with Crippen molar-refractivity contribution in [2.24, 2.45) is 0 Å². The first-order chi connectivity index (χ1) is 11.5. The molecule has 0 radical (unpaired) electrons. The predicted octanol–water partition coefficient (Wildman–Crippen LogP) is 3.62. The number of non-ortho nitro benzene ring substituents is 1. The number of hydrogen-bond donors (Lipinski definition) is 0. The van der Waals surface area contributed by atoms with Crippen molar-refractivity contribution in [3.05, 3.63) is 66.4 Å². The first-order valence-electron chi connectivity index (χ1n) is 7.49. The highest BCUT2D eigenvalue weighted by Crippen LogP contribution is 2.30. The van der Waals surface area contributed by atoms with Gasteiger partial charge < -0.3 is 0 Å². The van der Waals surface area contributed by atoms with E-state index in [1.807, 2.05) is 0 Å². The zero-order valence-electron chi connectivity index (χ0n) is 12.9. The third-order valence-electron chi connectivity index (χ3n) is 4.12. The van der Waals surface area contributed by atoms with Gasteiger partial charge in [0.15, 0.2) is 0 Å². The molecule has 0 atom stereocenters. The quantitative estimate of drug-likeness (QED) is 0.528. The second-order valence-corrected chi connectivity index (χ2v) is 7.04. The maximum atomic E-state index is 12.7. The molecule has 7 heteroatoms. The number of hydrogen-bond acceptors (Lipinski definition) is 5. The third kappa shape index (κ3) is 2.33. The molecule has 2 aromatic heterocycles. The van der Waals surface area contributed by atoms with Crippen LogP contribution in [0.4, 0.5) is 5.69 Å². The summed E-state index contributed by atoms with van der Waals surface area (Å²) in [5.41, 5.74) is 1.20. The number of rotatable bonds is 2. The molecule has 0 saturated heterocycles. The largest absolute Gasteiger partial charge is 0.292 e. The van der Waals surface area contributed by atoms with E-state index in [1.54, 1.807) is 22.0 Å². The lowest BCUT2D eigenvalue weighted by Crippen LogP contribution is -2.20. The number of aryl methyl sites for hydroxylation is 1. The Kier molecular flexibility index (Phi) is 3.31. The Morgan fingerprint density at radius 2 is 2.17 bits per heavy atom. The molecule has 3 aromatic rings. The highest BCUT2D eigenvalue weighted by molar-refractivity contribution is 7.12. The Morgan fingerprint density at radius 1 is 1.33 bits per heavy atom. The summed E-state index contributed by atoms with van der Waals surface area (Å²) in [5.74, 6) is 0.660. The third-order valence-corrected chi connectivity index (χ3v) is 5.07. The van der Waals surface area contributed by atoms with Crippen molar-refractivity contribution in [2.45, 2.75) is 19.9 Å². The SMILES string of the molecule is Cc1ccc(C=C2CCn3c2nc2ccc([N+](=O)[O-])cc2c3=O)s1. The molecule has 0 spiro atoms. The summed E-state index contributed by atoms with van der Waals surface area (Å²) in [6, 6.07) is 8.35. The molecule has 120 valence electrons. The van der Waals surface area contributed by atoms with Crippen LogP contribution in [0.25, 0.3) is 22.6 Å². The summed E-state index contributed by atoms with van der Waals surface area (Å²) >= 11 is 1.70. The number of allylic oxidation sites excluding steroid dienone is 1. The minimum Gasteiger partial charge on any atom is -0.292 e. The maximum absolute atomic E-state index is 12.7. The van der Waals surface area contributed by atoms with Crippen molar-refractivity contribution < 1.29 is 4.92 Å². The Balaban J connectivity index is 1.89. The van der Waals surface area contributed by atoms with Crippen LogP contribution >= 0.6 is 11.3 Å². The van der Waals surface area contributed by atoms with Crippen LogP contribution < -0.4 is 5.56 Å². The maximum Gasteiger partial charge on any atom is 0.270 e. The fraction of sp³-hybridized carbons (Fsp3) is 0.176. The van der Waals surface area contributed by atoms with Crippen molar-refractivity contribution in [2.75, 3.05) is 0 Å². The van der Waals surface area contributed by atoms with Gasteiger partial charge in [-0.2, -0.15) is 0 Å². The van der Waals surface area contributed by atoms with E-state index in [0.29, 0.717) is 23.3 Å². The fourth-order valence-corrected chi connectivity index (χ4v) is 3.80. The van der Waals surface area contributed by atoms with Gasteiger partial charge in [-0.05, 0) is 43.2 Å². The number of thiophene rings is 1. The summed E-state index contributed by atoms with van der Waals surface area (Å²) < 4.78 is 1.61. The molecular formula is C17H13N3O3S. The van der Waals surface area contributed by atoms with E-state index >= 15 is 0 Å². The highest BCUT2D eigenvalue weighted by atomic mass is 32.1. The van der Waals surface area contributed by atoms with Crippen LogP contribution in [0.5, 0.6) is 0 Å². The van der Waals surface area contributed by atoms with Crippen LogP contribution in [0.1, 0.15) is 22.0 Å². The van der Waals surface area contributed by atoms with Gasteiger partial charge in [0.2, 0.25) is 0 Å². The molecule has 0 aliphatic carbocycles. The second-order valence-electron chi connectivity index (χ2n) is 5.72. The molecule has 1 aliphatic rings. The van der Waals surface area contributed by atoms with Crippen molar-refractivity contribution >= 4 is 39.6 Å². The van der Waals surface area contributed by atoms with E-state index in [2.05, 4.69) is 30.1 Å². The van der Waals surface area contributed by atoms with Crippen LogP contribution in [-0.4, -0.2) is 14.5 Å². The average molecular weight is 339 g/mol. The van der Waals surface area contributed by atoms with Gasteiger partial charge in [0.05, 0.1) is 15.8 Å². The molecule has 1 aliphatic heterocycles. The lowest BCUT2D eigenvalue weighted by Gasteiger charge is -2.05. The minimum atomic E-state index is -0.499. The average Bonchev–Trinajstić information content (AvgIpc) is 3.14. The highest BCUT2D eigenvalue weighted by Gasteiger charge is 2.22. The van der Waals surface area contributed by atoms with Gasteiger partial charge in [-0.15, -0.1) is 11.3 Å².